The average molecular weight is 1040 g/mol. The molecule has 6 aromatic rings. The van der Waals surface area contributed by atoms with Crippen LogP contribution < -0.4 is 28.7 Å². The maximum atomic E-state index is 7.68. The molecule has 0 radical (unpaired) electrons. The molecule has 6 heteroatoms. The molecule has 0 heterocycles. The molecule has 0 amide bonds. The summed E-state index contributed by atoms with van der Waals surface area (Å²) < 4.78 is 30.6. The monoisotopic (exact) mass is 1030 g/mol. The van der Waals surface area contributed by atoms with Crippen LogP contribution in [0.1, 0.15) is 211 Å². The van der Waals surface area contributed by atoms with Gasteiger partial charge in [0.1, 0.15) is 23.0 Å². The van der Waals surface area contributed by atoms with Crippen LogP contribution >= 0.6 is 16.8 Å². The SMILES string of the molecule is CC(C)(C)c1ccc(OP(Oc2ccc(C(C)(C)C)cc2C(C)(C)C)c2ccc(-c3ccccc3)cc2P(Oc2ccc(C(C)(C)C)cc2C(C)(C)C)Oc2ccc(C(C)(C)C)cc2C(C)(C)C)c(C(C)(C)C)c1. The lowest BCUT2D eigenvalue weighted by Crippen LogP contribution is -2.30. The Morgan fingerprint density at radius 2 is 0.514 bits per heavy atom. The summed E-state index contributed by atoms with van der Waals surface area (Å²) in [5.41, 5.74) is 10.4. The van der Waals surface area contributed by atoms with Gasteiger partial charge in [0, 0.05) is 22.3 Å². The highest BCUT2D eigenvalue weighted by Gasteiger charge is 2.37. The van der Waals surface area contributed by atoms with E-state index in [4.69, 9.17) is 18.1 Å². The molecule has 6 rings (SSSR count). The van der Waals surface area contributed by atoms with E-state index in [1.807, 2.05) is 0 Å². The minimum Gasteiger partial charge on any atom is -0.435 e. The fourth-order valence-corrected chi connectivity index (χ4v) is 12.1. The summed E-state index contributed by atoms with van der Waals surface area (Å²) in [6.07, 6.45) is 0. The molecule has 0 N–H and O–H groups in total. The smallest absolute Gasteiger partial charge is 0.327 e. The van der Waals surface area contributed by atoms with E-state index in [-0.39, 0.29) is 43.3 Å². The molecule has 6 aromatic carbocycles. The second-order valence-electron chi connectivity index (χ2n) is 28.8. The summed E-state index contributed by atoms with van der Waals surface area (Å²) in [6.45, 7) is 54.5. The first-order valence-electron chi connectivity index (χ1n) is 26.8. The Hall–Kier alpha value is -4.62. The zero-order chi connectivity index (χ0) is 55.4. The molecular weight excluding hydrogens is 943 g/mol. The third kappa shape index (κ3) is 14.2. The Kier molecular flexibility index (Phi) is 16.7. The minimum atomic E-state index is -1.97. The second-order valence-corrected chi connectivity index (χ2v) is 31.5. The van der Waals surface area contributed by atoms with E-state index in [1.54, 1.807) is 0 Å². The van der Waals surface area contributed by atoms with E-state index in [0.717, 1.165) is 67.0 Å². The van der Waals surface area contributed by atoms with E-state index >= 15 is 0 Å². The van der Waals surface area contributed by atoms with Crippen LogP contribution in [0.5, 0.6) is 23.0 Å². The Labute approximate surface area is 452 Å². The molecule has 0 bridgehead atoms. The van der Waals surface area contributed by atoms with Crippen molar-refractivity contribution < 1.29 is 18.1 Å². The van der Waals surface area contributed by atoms with Crippen LogP contribution in [0.3, 0.4) is 0 Å². The summed E-state index contributed by atoms with van der Waals surface area (Å²) in [5, 5.41) is 1.77. The van der Waals surface area contributed by atoms with Gasteiger partial charge in [0.2, 0.25) is 0 Å². The van der Waals surface area contributed by atoms with Crippen molar-refractivity contribution in [2.45, 2.75) is 209 Å². The highest BCUT2D eigenvalue weighted by atomic mass is 31.2. The van der Waals surface area contributed by atoms with Gasteiger partial charge in [-0.2, -0.15) is 0 Å². The Morgan fingerprint density at radius 1 is 0.243 bits per heavy atom. The first-order chi connectivity index (χ1) is 33.7. The fraction of sp³-hybridized carbons (Fsp3) is 0.471. The Morgan fingerprint density at radius 3 is 0.770 bits per heavy atom. The topological polar surface area (TPSA) is 36.9 Å². The van der Waals surface area contributed by atoms with Crippen molar-refractivity contribution in [2.75, 3.05) is 0 Å². The zero-order valence-electron chi connectivity index (χ0n) is 50.1. The third-order valence-corrected chi connectivity index (χ3v) is 17.0. The van der Waals surface area contributed by atoms with Crippen molar-refractivity contribution >= 4 is 27.4 Å². The number of benzene rings is 6. The molecule has 0 atom stereocenters. The number of rotatable bonds is 11. The molecular formula is C68H92O4P2. The zero-order valence-corrected chi connectivity index (χ0v) is 51.9. The molecule has 0 aliphatic rings. The van der Waals surface area contributed by atoms with Crippen molar-refractivity contribution in [3.63, 3.8) is 0 Å². The van der Waals surface area contributed by atoms with Crippen molar-refractivity contribution in [2.24, 2.45) is 0 Å². The molecule has 0 saturated carbocycles. The predicted molar refractivity (Wildman–Crippen MR) is 323 cm³/mol. The van der Waals surface area contributed by atoms with Gasteiger partial charge < -0.3 is 18.1 Å². The van der Waals surface area contributed by atoms with Crippen LogP contribution in [-0.2, 0) is 43.3 Å². The van der Waals surface area contributed by atoms with Gasteiger partial charge in [-0.05, 0) is 113 Å². The van der Waals surface area contributed by atoms with Crippen molar-refractivity contribution in [1.29, 1.82) is 0 Å². The molecule has 74 heavy (non-hydrogen) atoms. The molecule has 398 valence electrons. The first kappa shape index (κ1) is 58.6. The highest BCUT2D eigenvalue weighted by Crippen LogP contribution is 2.52. The van der Waals surface area contributed by atoms with Crippen LogP contribution in [0.15, 0.2) is 121 Å². The van der Waals surface area contributed by atoms with E-state index in [0.29, 0.717) is 0 Å². The third-order valence-electron chi connectivity index (χ3n) is 13.8. The lowest BCUT2D eigenvalue weighted by molar-refractivity contribution is 0.462. The lowest BCUT2D eigenvalue weighted by atomic mass is 9.80. The molecule has 0 unspecified atom stereocenters. The fourth-order valence-electron chi connectivity index (χ4n) is 8.87. The van der Waals surface area contributed by atoms with Crippen molar-refractivity contribution in [1.82, 2.24) is 0 Å². The first-order valence-corrected chi connectivity index (χ1v) is 29.2. The van der Waals surface area contributed by atoms with Gasteiger partial charge in [-0.25, -0.2) is 0 Å². The van der Waals surface area contributed by atoms with Crippen LogP contribution in [-0.4, -0.2) is 0 Å². The molecule has 0 fully saturated rings. The molecule has 4 nitrogen and oxygen atoms in total. The molecule has 0 aromatic heterocycles. The number of hydrogen-bond donors (Lipinski definition) is 0. The largest absolute Gasteiger partial charge is 0.435 e. The molecule has 0 spiro atoms. The number of hydrogen-bond acceptors (Lipinski definition) is 4. The quantitative estimate of drug-likeness (QED) is 0.121. The predicted octanol–water partition coefficient (Wildman–Crippen LogP) is 19.9. The standard InChI is InChI=1S/C68H92O4P2/c1-61(2,3)47-31-35-55(51(41-47)65(13,14)15)69-73(70-56-36-32-48(62(4,5)6)42-52(56)66(16,17)18)59-39-30-46(45-28-26-25-27-29-45)40-60(59)74(71-57-37-33-49(63(7,8)9)43-53(57)67(19,20)21)72-58-38-34-50(64(10,11)12)44-54(58)68(22,23)24/h25-44H,1-24H3. The summed E-state index contributed by atoms with van der Waals surface area (Å²) in [6, 6.07) is 44.2. The van der Waals surface area contributed by atoms with Gasteiger partial charge in [0.15, 0.2) is 0 Å². The summed E-state index contributed by atoms with van der Waals surface area (Å²) >= 11 is 0. The van der Waals surface area contributed by atoms with Gasteiger partial charge in [0.05, 0.1) is 10.6 Å². The van der Waals surface area contributed by atoms with E-state index < -0.39 is 16.8 Å². The summed E-state index contributed by atoms with van der Waals surface area (Å²) in [4.78, 5) is 0. The lowest BCUT2D eigenvalue weighted by Gasteiger charge is -2.33. The van der Waals surface area contributed by atoms with E-state index in [9.17, 15) is 0 Å². The molecule has 0 saturated heterocycles. The normalized spacial score (nSPS) is 13.4. The summed E-state index contributed by atoms with van der Waals surface area (Å²) in [5.74, 6) is 3.18. The highest BCUT2D eigenvalue weighted by molar-refractivity contribution is 7.63. The molecule has 0 aliphatic carbocycles. The van der Waals surface area contributed by atoms with Crippen LogP contribution in [0.2, 0.25) is 0 Å². The van der Waals surface area contributed by atoms with E-state index in [1.165, 1.54) is 22.3 Å². The van der Waals surface area contributed by atoms with Crippen LogP contribution in [0.4, 0.5) is 0 Å². The van der Waals surface area contributed by atoms with E-state index in [2.05, 4.69) is 287 Å². The van der Waals surface area contributed by atoms with Gasteiger partial charge in [-0.15, -0.1) is 0 Å². The van der Waals surface area contributed by atoms with Gasteiger partial charge in [-0.1, -0.05) is 251 Å². The van der Waals surface area contributed by atoms with Gasteiger partial charge in [0.25, 0.3) is 0 Å². The molecule has 0 aliphatic heterocycles. The summed E-state index contributed by atoms with van der Waals surface area (Å²) in [7, 11) is -3.90. The van der Waals surface area contributed by atoms with Crippen molar-refractivity contribution in [3.05, 3.63) is 166 Å². The van der Waals surface area contributed by atoms with Crippen LogP contribution in [0.25, 0.3) is 11.1 Å². The van der Waals surface area contributed by atoms with Crippen molar-refractivity contribution in [3.8, 4) is 34.1 Å². The Balaban J connectivity index is 1.74. The van der Waals surface area contributed by atoms with Gasteiger partial charge >= 0.3 is 16.8 Å². The Bertz CT molecular complexity index is 2750. The second kappa shape index (κ2) is 21.1. The maximum absolute atomic E-state index is 7.68. The van der Waals surface area contributed by atoms with Gasteiger partial charge in [-0.3, -0.25) is 0 Å². The van der Waals surface area contributed by atoms with Crippen LogP contribution in [0, 0.1) is 0 Å². The maximum Gasteiger partial charge on any atom is 0.327 e. The average Bonchev–Trinajstić information content (AvgIpc) is 3.26. The minimum absolute atomic E-state index is 0.0604.